The largest absolute Gasteiger partial charge is 0.460 e. The van der Waals surface area contributed by atoms with Crippen LogP contribution in [0.2, 0.25) is 0 Å². The molecular formula is C17H21NO3. The van der Waals surface area contributed by atoms with Crippen LogP contribution in [0.3, 0.4) is 0 Å². The Morgan fingerprint density at radius 3 is 2.57 bits per heavy atom. The van der Waals surface area contributed by atoms with E-state index in [1.165, 1.54) is 5.39 Å². The molecule has 112 valence electrons. The molecule has 0 saturated carbocycles. The Hall–Kier alpha value is -1.36. The van der Waals surface area contributed by atoms with Gasteiger partial charge in [-0.3, -0.25) is 4.90 Å². The average Bonchev–Trinajstić information content (AvgIpc) is 2.93. The van der Waals surface area contributed by atoms with Gasteiger partial charge >= 0.3 is 0 Å². The lowest BCUT2D eigenvalue weighted by atomic mass is 10.0. The molecule has 4 rings (SSSR count). The average molecular weight is 287 g/mol. The number of hydrogen-bond acceptors (Lipinski definition) is 4. The predicted molar refractivity (Wildman–Crippen MR) is 80.0 cm³/mol. The first kappa shape index (κ1) is 13.3. The Balaban J connectivity index is 1.40. The Labute approximate surface area is 124 Å². The highest BCUT2D eigenvalue weighted by Gasteiger charge is 2.38. The van der Waals surface area contributed by atoms with E-state index in [1.54, 1.807) is 0 Å². The molecule has 2 aromatic rings. The molecule has 2 saturated heterocycles. The van der Waals surface area contributed by atoms with Crippen molar-refractivity contribution in [3.63, 3.8) is 0 Å². The lowest BCUT2D eigenvalue weighted by Crippen LogP contribution is -2.49. The van der Waals surface area contributed by atoms with Crippen molar-refractivity contribution >= 4 is 11.0 Å². The van der Waals surface area contributed by atoms with Gasteiger partial charge in [-0.1, -0.05) is 18.2 Å². The topological polar surface area (TPSA) is 34.8 Å². The highest BCUT2D eigenvalue weighted by atomic mass is 16.7. The van der Waals surface area contributed by atoms with Gasteiger partial charge in [-0.2, -0.15) is 0 Å². The zero-order valence-electron chi connectivity index (χ0n) is 12.2. The summed E-state index contributed by atoms with van der Waals surface area (Å²) < 4.78 is 17.7. The summed E-state index contributed by atoms with van der Waals surface area (Å²) in [6.07, 6.45) is 2.92. The summed E-state index contributed by atoms with van der Waals surface area (Å²) in [5.41, 5.74) is 0.972. The molecule has 4 heteroatoms. The molecule has 0 bridgehead atoms. The summed E-state index contributed by atoms with van der Waals surface area (Å²) in [7, 11) is 0. The molecule has 0 radical (unpaired) electrons. The minimum Gasteiger partial charge on any atom is -0.460 e. The second-order valence-corrected chi connectivity index (χ2v) is 5.99. The molecule has 0 unspecified atom stereocenters. The van der Waals surface area contributed by atoms with Crippen molar-refractivity contribution in [2.24, 2.45) is 0 Å². The van der Waals surface area contributed by atoms with Crippen LogP contribution in [-0.2, 0) is 16.0 Å². The maximum Gasteiger partial charge on any atom is 0.170 e. The fourth-order valence-corrected chi connectivity index (χ4v) is 3.29. The van der Waals surface area contributed by atoms with Gasteiger partial charge in [0.2, 0.25) is 0 Å². The molecule has 2 aliphatic heterocycles. The highest BCUT2D eigenvalue weighted by molar-refractivity contribution is 5.77. The molecule has 1 aromatic heterocycles. The normalized spacial score (nSPS) is 22.9. The Morgan fingerprint density at radius 2 is 1.81 bits per heavy atom. The summed E-state index contributed by atoms with van der Waals surface area (Å²) in [6, 6.07) is 10.3. The maximum atomic E-state index is 5.90. The van der Waals surface area contributed by atoms with Crippen LogP contribution in [0.5, 0.6) is 0 Å². The zero-order valence-corrected chi connectivity index (χ0v) is 12.2. The van der Waals surface area contributed by atoms with E-state index < -0.39 is 0 Å². The highest BCUT2D eigenvalue weighted by Crippen LogP contribution is 2.31. The van der Waals surface area contributed by atoms with Crippen molar-refractivity contribution in [1.82, 2.24) is 4.90 Å². The fraction of sp³-hybridized carbons (Fsp3) is 0.529. The number of furan rings is 1. The molecule has 1 aromatic carbocycles. The second-order valence-electron chi connectivity index (χ2n) is 5.99. The second kappa shape index (κ2) is 5.44. The van der Waals surface area contributed by atoms with Gasteiger partial charge in [0, 0.05) is 31.3 Å². The first-order valence-electron chi connectivity index (χ1n) is 7.81. The number of fused-ring (bicyclic) bond motifs is 1. The Morgan fingerprint density at radius 1 is 1.05 bits per heavy atom. The first-order chi connectivity index (χ1) is 10.3. The van der Waals surface area contributed by atoms with E-state index in [9.17, 15) is 0 Å². The zero-order chi connectivity index (χ0) is 14.1. The van der Waals surface area contributed by atoms with Crippen molar-refractivity contribution in [3.05, 3.63) is 36.1 Å². The fourth-order valence-electron chi connectivity index (χ4n) is 3.29. The number of para-hydroxylation sites is 1. The van der Waals surface area contributed by atoms with Gasteiger partial charge in [0.1, 0.15) is 11.3 Å². The van der Waals surface area contributed by atoms with Crippen LogP contribution in [0.1, 0.15) is 25.0 Å². The van der Waals surface area contributed by atoms with E-state index >= 15 is 0 Å². The van der Waals surface area contributed by atoms with Crippen molar-refractivity contribution in [3.8, 4) is 0 Å². The van der Waals surface area contributed by atoms with Gasteiger partial charge < -0.3 is 13.9 Å². The summed E-state index contributed by atoms with van der Waals surface area (Å²) in [5.74, 6) is 0.737. The van der Waals surface area contributed by atoms with E-state index in [-0.39, 0.29) is 5.79 Å². The van der Waals surface area contributed by atoms with Crippen LogP contribution in [0.15, 0.2) is 34.7 Å². The van der Waals surface area contributed by atoms with E-state index in [1.807, 2.05) is 18.2 Å². The standard InChI is InChI=1S/C17H21NO3/c1-2-5-16-14(4-1)12-15(21-16)13-18-8-6-17(7-9-18)19-10-3-11-20-17/h1-2,4-5,12H,3,6-11,13H2. The van der Waals surface area contributed by atoms with Gasteiger partial charge in [0.25, 0.3) is 0 Å². The maximum absolute atomic E-state index is 5.90. The van der Waals surface area contributed by atoms with Crippen molar-refractivity contribution in [2.45, 2.75) is 31.6 Å². The quantitative estimate of drug-likeness (QED) is 0.850. The summed E-state index contributed by atoms with van der Waals surface area (Å²) in [5, 5.41) is 1.18. The monoisotopic (exact) mass is 287 g/mol. The van der Waals surface area contributed by atoms with Crippen LogP contribution in [-0.4, -0.2) is 37.0 Å². The SMILES string of the molecule is c1ccc2oc(CN3CCC4(CC3)OCCCO4)cc2c1. The molecule has 21 heavy (non-hydrogen) atoms. The summed E-state index contributed by atoms with van der Waals surface area (Å²) in [4.78, 5) is 2.42. The Bertz CT molecular complexity index is 572. The molecular weight excluding hydrogens is 266 g/mol. The van der Waals surface area contributed by atoms with Crippen molar-refractivity contribution in [2.75, 3.05) is 26.3 Å². The summed E-state index contributed by atoms with van der Waals surface area (Å²) >= 11 is 0. The number of benzene rings is 1. The van der Waals surface area contributed by atoms with Crippen LogP contribution in [0, 0.1) is 0 Å². The third-order valence-electron chi connectivity index (χ3n) is 4.49. The van der Waals surface area contributed by atoms with E-state index in [4.69, 9.17) is 13.9 Å². The molecule has 0 N–H and O–H groups in total. The molecule has 2 aliphatic rings. The third-order valence-corrected chi connectivity index (χ3v) is 4.49. The lowest BCUT2D eigenvalue weighted by molar-refractivity contribution is -0.284. The van der Waals surface area contributed by atoms with Crippen LogP contribution in [0.25, 0.3) is 11.0 Å². The molecule has 0 amide bonds. The number of piperidine rings is 1. The van der Waals surface area contributed by atoms with E-state index in [2.05, 4.69) is 17.0 Å². The Kier molecular flexibility index (Phi) is 3.45. The smallest absolute Gasteiger partial charge is 0.170 e. The summed E-state index contributed by atoms with van der Waals surface area (Å²) in [6.45, 7) is 4.53. The molecule has 1 spiro atoms. The molecule has 2 fully saturated rings. The van der Waals surface area contributed by atoms with E-state index in [0.717, 1.165) is 63.5 Å². The molecule has 0 atom stereocenters. The minimum absolute atomic E-state index is 0.303. The van der Waals surface area contributed by atoms with Crippen LogP contribution >= 0.6 is 0 Å². The van der Waals surface area contributed by atoms with Crippen LogP contribution < -0.4 is 0 Å². The van der Waals surface area contributed by atoms with Gasteiger partial charge in [-0.25, -0.2) is 0 Å². The number of rotatable bonds is 2. The third kappa shape index (κ3) is 2.71. The molecule has 3 heterocycles. The number of hydrogen-bond donors (Lipinski definition) is 0. The molecule has 4 nitrogen and oxygen atoms in total. The van der Waals surface area contributed by atoms with Gasteiger partial charge in [0.05, 0.1) is 19.8 Å². The van der Waals surface area contributed by atoms with E-state index in [0.29, 0.717) is 0 Å². The number of nitrogens with zero attached hydrogens (tertiary/aromatic N) is 1. The predicted octanol–water partition coefficient (Wildman–Crippen LogP) is 3.16. The van der Waals surface area contributed by atoms with Crippen molar-refractivity contribution in [1.29, 1.82) is 0 Å². The van der Waals surface area contributed by atoms with Gasteiger partial charge in [-0.15, -0.1) is 0 Å². The number of ether oxygens (including phenoxy) is 2. The molecule has 0 aliphatic carbocycles. The first-order valence-corrected chi connectivity index (χ1v) is 7.81. The number of likely N-dealkylation sites (tertiary alicyclic amines) is 1. The lowest BCUT2D eigenvalue weighted by Gasteiger charge is -2.43. The minimum atomic E-state index is -0.303. The van der Waals surface area contributed by atoms with Gasteiger partial charge in [0.15, 0.2) is 5.79 Å². The van der Waals surface area contributed by atoms with Crippen molar-refractivity contribution < 1.29 is 13.9 Å². The van der Waals surface area contributed by atoms with Crippen LogP contribution in [0.4, 0.5) is 0 Å². The van der Waals surface area contributed by atoms with Gasteiger partial charge in [-0.05, 0) is 18.6 Å².